The molecule has 6 heteroatoms. The second kappa shape index (κ2) is 4.64. The SMILES string of the molecule is Cc1cc(C)c(C(=O)O)c(NC2CNC(=O)C2)n1. The summed E-state index contributed by atoms with van der Waals surface area (Å²) in [6.07, 6.45) is 0.341. The lowest BCUT2D eigenvalue weighted by molar-refractivity contribution is -0.119. The van der Waals surface area contributed by atoms with E-state index in [0.29, 0.717) is 24.3 Å². The van der Waals surface area contributed by atoms with Gasteiger partial charge in [-0.25, -0.2) is 9.78 Å². The van der Waals surface area contributed by atoms with Gasteiger partial charge in [-0.1, -0.05) is 0 Å². The van der Waals surface area contributed by atoms with E-state index >= 15 is 0 Å². The van der Waals surface area contributed by atoms with Crippen LogP contribution in [0, 0.1) is 13.8 Å². The van der Waals surface area contributed by atoms with Gasteiger partial charge in [0.15, 0.2) is 0 Å². The highest BCUT2D eigenvalue weighted by Crippen LogP contribution is 2.20. The van der Waals surface area contributed by atoms with Crippen molar-refractivity contribution in [3.8, 4) is 0 Å². The molecule has 1 amide bonds. The third-order valence-corrected chi connectivity index (χ3v) is 2.88. The number of amides is 1. The predicted octanol–water partition coefficient (Wildman–Crippen LogP) is 0.697. The molecule has 1 fully saturated rings. The van der Waals surface area contributed by atoms with Crippen molar-refractivity contribution in [1.82, 2.24) is 10.3 Å². The molecule has 1 aliphatic heterocycles. The Bertz CT molecular complexity index is 514. The van der Waals surface area contributed by atoms with Gasteiger partial charge in [-0.15, -0.1) is 0 Å². The minimum Gasteiger partial charge on any atom is -0.478 e. The van der Waals surface area contributed by atoms with Crippen molar-refractivity contribution < 1.29 is 14.7 Å². The van der Waals surface area contributed by atoms with Crippen molar-refractivity contribution in [2.24, 2.45) is 0 Å². The molecule has 0 aliphatic carbocycles. The van der Waals surface area contributed by atoms with Crippen LogP contribution in [0.25, 0.3) is 0 Å². The van der Waals surface area contributed by atoms with Crippen LogP contribution < -0.4 is 10.6 Å². The lowest BCUT2D eigenvalue weighted by Gasteiger charge is -2.15. The Morgan fingerprint density at radius 3 is 2.83 bits per heavy atom. The average Bonchev–Trinajstić information content (AvgIpc) is 2.62. The van der Waals surface area contributed by atoms with E-state index in [4.69, 9.17) is 0 Å². The molecule has 1 saturated heterocycles. The van der Waals surface area contributed by atoms with Crippen molar-refractivity contribution in [3.05, 3.63) is 22.9 Å². The number of carbonyl (C=O) groups is 2. The summed E-state index contributed by atoms with van der Waals surface area (Å²) in [6.45, 7) is 4.04. The van der Waals surface area contributed by atoms with Gasteiger partial charge in [-0.3, -0.25) is 4.79 Å². The first-order valence-corrected chi connectivity index (χ1v) is 5.72. The molecule has 1 aliphatic rings. The molecule has 96 valence electrons. The summed E-state index contributed by atoms with van der Waals surface area (Å²) >= 11 is 0. The number of aryl methyl sites for hydroxylation is 2. The first kappa shape index (κ1) is 12.3. The maximum atomic E-state index is 11.2. The van der Waals surface area contributed by atoms with E-state index in [9.17, 15) is 14.7 Å². The van der Waals surface area contributed by atoms with Gasteiger partial charge in [0, 0.05) is 18.7 Å². The van der Waals surface area contributed by atoms with Crippen LogP contribution in [0.1, 0.15) is 28.0 Å². The minimum absolute atomic E-state index is 0.0336. The molecule has 1 aromatic heterocycles. The summed E-state index contributed by atoms with van der Waals surface area (Å²) in [7, 11) is 0. The van der Waals surface area contributed by atoms with E-state index in [2.05, 4.69) is 15.6 Å². The van der Waals surface area contributed by atoms with Crippen molar-refractivity contribution in [2.75, 3.05) is 11.9 Å². The summed E-state index contributed by atoms with van der Waals surface area (Å²) in [6, 6.07) is 1.62. The van der Waals surface area contributed by atoms with Crippen molar-refractivity contribution >= 4 is 17.7 Å². The molecule has 6 nitrogen and oxygen atoms in total. The molecule has 2 heterocycles. The zero-order valence-corrected chi connectivity index (χ0v) is 10.3. The quantitative estimate of drug-likeness (QED) is 0.733. The van der Waals surface area contributed by atoms with Crippen LogP contribution in [-0.2, 0) is 4.79 Å². The fraction of sp³-hybridized carbons (Fsp3) is 0.417. The lowest BCUT2D eigenvalue weighted by Crippen LogP contribution is -2.24. The van der Waals surface area contributed by atoms with Crippen LogP contribution in [-0.4, -0.2) is 34.6 Å². The highest BCUT2D eigenvalue weighted by molar-refractivity contribution is 5.95. The van der Waals surface area contributed by atoms with Crippen molar-refractivity contribution in [2.45, 2.75) is 26.3 Å². The van der Waals surface area contributed by atoms with E-state index in [0.717, 1.165) is 5.69 Å². The van der Waals surface area contributed by atoms with Gasteiger partial charge < -0.3 is 15.7 Å². The summed E-state index contributed by atoms with van der Waals surface area (Å²) in [5.41, 5.74) is 1.58. The molecule has 18 heavy (non-hydrogen) atoms. The lowest BCUT2D eigenvalue weighted by atomic mass is 10.1. The van der Waals surface area contributed by atoms with E-state index < -0.39 is 5.97 Å². The largest absolute Gasteiger partial charge is 0.478 e. The van der Waals surface area contributed by atoms with Gasteiger partial charge in [0.05, 0.1) is 6.04 Å². The van der Waals surface area contributed by atoms with Crippen LogP contribution in [0.2, 0.25) is 0 Å². The zero-order valence-electron chi connectivity index (χ0n) is 10.3. The maximum Gasteiger partial charge on any atom is 0.339 e. The number of rotatable bonds is 3. The van der Waals surface area contributed by atoms with Crippen LogP contribution in [0.5, 0.6) is 0 Å². The predicted molar refractivity (Wildman–Crippen MR) is 65.7 cm³/mol. The number of nitrogens with one attached hydrogen (secondary N) is 2. The minimum atomic E-state index is -1.01. The Morgan fingerprint density at radius 1 is 1.56 bits per heavy atom. The molecule has 1 atom stereocenters. The van der Waals surface area contributed by atoms with E-state index in [-0.39, 0.29) is 17.5 Å². The zero-order chi connectivity index (χ0) is 13.3. The highest BCUT2D eigenvalue weighted by atomic mass is 16.4. The third-order valence-electron chi connectivity index (χ3n) is 2.88. The molecule has 2 rings (SSSR count). The second-order valence-corrected chi connectivity index (χ2v) is 4.46. The fourth-order valence-corrected chi connectivity index (χ4v) is 2.11. The first-order valence-electron chi connectivity index (χ1n) is 5.72. The number of pyridine rings is 1. The Hall–Kier alpha value is -2.11. The van der Waals surface area contributed by atoms with Crippen LogP contribution in [0.15, 0.2) is 6.07 Å². The maximum absolute atomic E-state index is 11.2. The van der Waals surface area contributed by atoms with Gasteiger partial charge in [0.25, 0.3) is 0 Å². The molecule has 0 spiro atoms. The van der Waals surface area contributed by atoms with Gasteiger partial charge in [0.1, 0.15) is 11.4 Å². The van der Waals surface area contributed by atoms with Gasteiger partial charge in [0.2, 0.25) is 5.91 Å². The monoisotopic (exact) mass is 249 g/mol. The number of hydrogen-bond donors (Lipinski definition) is 3. The molecule has 3 N–H and O–H groups in total. The van der Waals surface area contributed by atoms with Crippen LogP contribution in [0.4, 0.5) is 5.82 Å². The van der Waals surface area contributed by atoms with Crippen LogP contribution in [0.3, 0.4) is 0 Å². The van der Waals surface area contributed by atoms with Crippen molar-refractivity contribution in [1.29, 1.82) is 0 Å². The standard InChI is InChI=1S/C12H15N3O3/c1-6-3-7(2)14-11(10(6)12(17)18)15-8-4-9(16)13-5-8/h3,8H,4-5H2,1-2H3,(H,13,16)(H,14,15)(H,17,18). The number of hydrogen-bond acceptors (Lipinski definition) is 4. The molecule has 1 aromatic rings. The Labute approximate surface area is 104 Å². The van der Waals surface area contributed by atoms with E-state index in [1.165, 1.54) is 0 Å². The van der Waals surface area contributed by atoms with Gasteiger partial charge >= 0.3 is 5.97 Å². The van der Waals surface area contributed by atoms with Crippen LogP contribution >= 0.6 is 0 Å². The number of carboxylic acids is 1. The Balaban J connectivity index is 2.31. The number of carbonyl (C=O) groups excluding carboxylic acids is 1. The summed E-state index contributed by atoms with van der Waals surface area (Å²) in [4.78, 5) is 26.6. The number of aromatic carboxylic acids is 1. The number of anilines is 1. The molecule has 0 saturated carbocycles. The fourth-order valence-electron chi connectivity index (χ4n) is 2.11. The molecular weight excluding hydrogens is 234 g/mol. The highest BCUT2D eigenvalue weighted by Gasteiger charge is 2.24. The molecule has 0 aromatic carbocycles. The number of aromatic nitrogens is 1. The summed E-state index contributed by atoms with van der Waals surface area (Å²) < 4.78 is 0. The number of carboxylic acid groups (broad SMARTS) is 1. The number of nitrogens with zero attached hydrogens (tertiary/aromatic N) is 1. The average molecular weight is 249 g/mol. The topological polar surface area (TPSA) is 91.3 Å². The second-order valence-electron chi connectivity index (χ2n) is 4.46. The first-order chi connectivity index (χ1) is 8.47. The normalized spacial score (nSPS) is 18.6. The smallest absolute Gasteiger partial charge is 0.339 e. The van der Waals surface area contributed by atoms with Crippen molar-refractivity contribution in [3.63, 3.8) is 0 Å². The summed E-state index contributed by atoms with van der Waals surface area (Å²) in [5.74, 6) is -0.713. The molecule has 1 unspecified atom stereocenters. The van der Waals surface area contributed by atoms with Gasteiger partial charge in [-0.2, -0.15) is 0 Å². The molecule has 0 radical (unpaired) electrons. The molecular formula is C12H15N3O3. The Kier molecular flexibility index (Phi) is 3.18. The summed E-state index contributed by atoms with van der Waals surface area (Å²) in [5, 5.41) is 14.9. The third kappa shape index (κ3) is 2.42. The Morgan fingerprint density at radius 2 is 2.28 bits per heavy atom. The van der Waals surface area contributed by atoms with E-state index in [1.807, 2.05) is 6.92 Å². The van der Waals surface area contributed by atoms with Gasteiger partial charge in [-0.05, 0) is 25.5 Å². The molecule has 0 bridgehead atoms. The van der Waals surface area contributed by atoms with E-state index in [1.54, 1.807) is 13.0 Å².